The van der Waals surface area contributed by atoms with Gasteiger partial charge in [0.05, 0.1) is 0 Å². The van der Waals surface area contributed by atoms with E-state index in [0.29, 0.717) is 0 Å². The fourth-order valence-corrected chi connectivity index (χ4v) is 0.731. The maximum Gasteiger partial charge on any atom is 0.325 e. The van der Waals surface area contributed by atoms with E-state index in [0.717, 1.165) is 0 Å². The van der Waals surface area contributed by atoms with Crippen molar-refractivity contribution in [3.05, 3.63) is 0 Å². The quantitative estimate of drug-likeness (QED) is 0.458. The first kappa shape index (κ1) is 6.51. The Bertz CT molecular complexity index is 125. The zero-order chi connectivity index (χ0) is 6.85. The molecule has 1 aliphatic heterocycles. The van der Waals surface area contributed by atoms with Gasteiger partial charge in [0.15, 0.2) is 0 Å². The van der Waals surface area contributed by atoms with E-state index in [2.05, 4.69) is 4.74 Å². The second-order valence-corrected chi connectivity index (χ2v) is 1.93. The first-order chi connectivity index (χ1) is 4.25. The molecule has 2 atom stereocenters. The lowest BCUT2D eigenvalue weighted by Crippen LogP contribution is -2.37. The van der Waals surface area contributed by atoms with Gasteiger partial charge < -0.3 is 15.2 Å². The molecule has 1 rings (SSSR count). The summed E-state index contributed by atoms with van der Waals surface area (Å²) in [6.07, 6.45) is -0.252. The highest BCUT2D eigenvalue weighted by Crippen LogP contribution is 2.06. The molecule has 1 fully saturated rings. The van der Waals surface area contributed by atoms with Crippen molar-refractivity contribution in [3.63, 3.8) is 0 Å². The number of esters is 1. The highest BCUT2D eigenvalue weighted by atomic mass is 16.6. The van der Waals surface area contributed by atoms with Gasteiger partial charge in [-0.1, -0.05) is 0 Å². The Kier molecular flexibility index (Phi) is 1.68. The average molecular weight is 131 g/mol. The molecular formula is C5H9NO3. The second kappa shape index (κ2) is 2.33. The van der Waals surface area contributed by atoms with Crippen molar-refractivity contribution in [3.8, 4) is 0 Å². The Labute approximate surface area is 52.9 Å². The van der Waals surface area contributed by atoms with Crippen LogP contribution in [0.3, 0.4) is 0 Å². The van der Waals surface area contributed by atoms with Crippen LogP contribution in [0, 0.1) is 0 Å². The summed E-state index contributed by atoms with van der Waals surface area (Å²) in [7, 11) is 1.51. The minimum absolute atomic E-state index is 0.252. The summed E-state index contributed by atoms with van der Waals surface area (Å²) in [5.74, 6) is -0.373. The minimum atomic E-state index is -0.588. The normalized spacial score (nSPS) is 34.7. The largest absolute Gasteiger partial charge is 0.462 e. The molecule has 0 amide bonds. The average Bonchev–Trinajstić information content (AvgIpc) is 2.15. The predicted molar refractivity (Wildman–Crippen MR) is 29.7 cm³/mol. The van der Waals surface area contributed by atoms with Gasteiger partial charge in [0.1, 0.15) is 18.8 Å². The van der Waals surface area contributed by atoms with Gasteiger partial charge in [0.2, 0.25) is 0 Å². The lowest BCUT2D eigenvalue weighted by atomic mass is 10.2. The molecule has 1 heterocycles. The van der Waals surface area contributed by atoms with Crippen LogP contribution in [0.5, 0.6) is 0 Å². The zero-order valence-corrected chi connectivity index (χ0v) is 5.16. The molecule has 2 N–H and O–H groups in total. The monoisotopic (exact) mass is 131 g/mol. The molecule has 0 saturated carbocycles. The van der Waals surface area contributed by atoms with Crippen molar-refractivity contribution in [1.82, 2.24) is 0 Å². The van der Waals surface area contributed by atoms with Crippen molar-refractivity contribution in [2.24, 2.45) is 5.73 Å². The number of hydrogen-bond donors (Lipinski definition) is 1. The van der Waals surface area contributed by atoms with Crippen LogP contribution < -0.4 is 5.73 Å². The van der Waals surface area contributed by atoms with Gasteiger partial charge in [-0.2, -0.15) is 0 Å². The van der Waals surface area contributed by atoms with Gasteiger partial charge in [0.25, 0.3) is 0 Å². The Balaban J connectivity index is 2.51. The fraction of sp³-hybridized carbons (Fsp3) is 0.800. The second-order valence-electron chi connectivity index (χ2n) is 1.93. The SMILES string of the molecule is COC1COC(=O)C1N. The minimum Gasteiger partial charge on any atom is -0.462 e. The van der Waals surface area contributed by atoms with Gasteiger partial charge in [-0.15, -0.1) is 0 Å². The summed E-state index contributed by atoms with van der Waals surface area (Å²) < 4.78 is 9.40. The molecule has 0 aliphatic carbocycles. The molecule has 52 valence electrons. The third-order valence-electron chi connectivity index (χ3n) is 1.37. The van der Waals surface area contributed by atoms with Crippen molar-refractivity contribution in [1.29, 1.82) is 0 Å². The van der Waals surface area contributed by atoms with Crippen LogP contribution in [0.4, 0.5) is 0 Å². The highest BCUT2D eigenvalue weighted by molar-refractivity contribution is 5.78. The van der Waals surface area contributed by atoms with Crippen LogP contribution in [0.25, 0.3) is 0 Å². The number of carbonyl (C=O) groups is 1. The fourth-order valence-electron chi connectivity index (χ4n) is 0.731. The van der Waals surface area contributed by atoms with Crippen molar-refractivity contribution in [2.45, 2.75) is 12.1 Å². The highest BCUT2D eigenvalue weighted by Gasteiger charge is 2.33. The molecule has 2 unspecified atom stereocenters. The van der Waals surface area contributed by atoms with Gasteiger partial charge in [-0.05, 0) is 0 Å². The van der Waals surface area contributed by atoms with E-state index in [1.807, 2.05) is 0 Å². The van der Waals surface area contributed by atoms with Gasteiger partial charge in [0, 0.05) is 7.11 Å². The van der Waals surface area contributed by atoms with Crippen LogP contribution in [0.2, 0.25) is 0 Å². The van der Waals surface area contributed by atoms with E-state index in [9.17, 15) is 4.79 Å². The predicted octanol–water partition coefficient (Wildman–Crippen LogP) is -1.11. The van der Waals surface area contributed by atoms with Crippen LogP contribution in [0.1, 0.15) is 0 Å². The van der Waals surface area contributed by atoms with Gasteiger partial charge in [-0.25, -0.2) is 0 Å². The van der Waals surface area contributed by atoms with E-state index in [1.54, 1.807) is 0 Å². The molecule has 1 saturated heterocycles. The molecule has 0 aromatic carbocycles. The number of carbonyl (C=O) groups excluding carboxylic acids is 1. The Hall–Kier alpha value is -0.610. The molecule has 0 aromatic rings. The van der Waals surface area contributed by atoms with E-state index in [-0.39, 0.29) is 18.7 Å². The van der Waals surface area contributed by atoms with Crippen LogP contribution >= 0.6 is 0 Å². The molecule has 0 aromatic heterocycles. The topological polar surface area (TPSA) is 61.5 Å². The molecule has 1 aliphatic rings. The Morgan fingerprint density at radius 3 is 2.78 bits per heavy atom. The van der Waals surface area contributed by atoms with E-state index < -0.39 is 6.04 Å². The van der Waals surface area contributed by atoms with Crippen molar-refractivity contribution >= 4 is 5.97 Å². The summed E-state index contributed by atoms with van der Waals surface area (Å²) in [5, 5.41) is 0. The van der Waals surface area contributed by atoms with Crippen molar-refractivity contribution in [2.75, 3.05) is 13.7 Å². The van der Waals surface area contributed by atoms with Crippen LogP contribution in [-0.4, -0.2) is 31.8 Å². The maximum atomic E-state index is 10.5. The standard InChI is InChI=1S/C5H9NO3/c1-8-3-2-9-5(7)4(3)6/h3-4H,2,6H2,1H3. The number of cyclic esters (lactones) is 1. The lowest BCUT2D eigenvalue weighted by Gasteiger charge is -2.05. The Morgan fingerprint density at radius 1 is 1.89 bits per heavy atom. The lowest BCUT2D eigenvalue weighted by molar-refractivity contribution is -0.139. The maximum absolute atomic E-state index is 10.5. The summed E-state index contributed by atoms with van der Waals surface area (Å²) in [6, 6.07) is -0.588. The number of methoxy groups -OCH3 is 1. The third kappa shape index (κ3) is 1.04. The summed E-state index contributed by atoms with van der Waals surface area (Å²) in [5.41, 5.74) is 5.33. The smallest absolute Gasteiger partial charge is 0.325 e. The molecule has 4 nitrogen and oxygen atoms in total. The van der Waals surface area contributed by atoms with E-state index in [4.69, 9.17) is 10.5 Å². The number of nitrogens with two attached hydrogens (primary N) is 1. The van der Waals surface area contributed by atoms with Crippen LogP contribution in [-0.2, 0) is 14.3 Å². The molecular weight excluding hydrogens is 122 g/mol. The first-order valence-corrected chi connectivity index (χ1v) is 2.70. The molecule has 9 heavy (non-hydrogen) atoms. The molecule has 0 radical (unpaired) electrons. The summed E-state index contributed by atoms with van der Waals surface area (Å²) >= 11 is 0. The first-order valence-electron chi connectivity index (χ1n) is 2.70. The molecule has 0 bridgehead atoms. The zero-order valence-electron chi connectivity index (χ0n) is 5.16. The summed E-state index contributed by atoms with van der Waals surface area (Å²) in [6.45, 7) is 0.288. The van der Waals surface area contributed by atoms with Gasteiger partial charge >= 0.3 is 5.97 Å². The number of hydrogen-bond acceptors (Lipinski definition) is 4. The van der Waals surface area contributed by atoms with E-state index in [1.165, 1.54) is 7.11 Å². The third-order valence-corrected chi connectivity index (χ3v) is 1.37. The number of ether oxygens (including phenoxy) is 2. The van der Waals surface area contributed by atoms with Crippen LogP contribution in [0.15, 0.2) is 0 Å². The van der Waals surface area contributed by atoms with E-state index >= 15 is 0 Å². The van der Waals surface area contributed by atoms with Gasteiger partial charge in [-0.3, -0.25) is 4.79 Å². The summed E-state index contributed by atoms with van der Waals surface area (Å²) in [4.78, 5) is 10.5. The number of rotatable bonds is 1. The molecule has 4 heteroatoms. The molecule has 0 spiro atoms. The Morgan fingerprint density at radius 2 is 2.56 bits per heavy atom. The van der Waals surface area contributed by atoms with Crippen molar-refractivity contribution < 1.29 is 14.3 Å².